The number of hydrogen-bond acceptors (Lipinski definition) is 8. The molecule has 0 aliphatic heterocycles. The normalized spacial score (nSPS) is 11.3. The minimum atomic E-state index is -3.78. The first-order chi connectivity index (χ1) is 13.5. The fourth-order valence-corrected chi connectivity index (χ4v) is 3.44. The summed E-state index contributed by atoms with van der Waals surface area (Å²) < 4.78 is 27.2. The number of anilines is 3. The van der Waals surface area contributed by atoms with Crippen molar-refractivity contribution in [1.82, 2.24) is 24.9 Å². The molecule has 9 nitrogen and oxygen atoms in total. The highest BCUT2D eigenvalue weighted by Gasteiger charge is 2.15. The van der Waals surface area contributed by atoms with Crippen LogP contribution in [0.25, 0.3) is 11.2 Å². The van der Waals surface area contributed by atoms with E-state index in [2.05, 4.69) is 35.0 Å². The molecule has 0 saturated heterocycles. The minimum Gasteiger partial charge on any atom is -0.339 e. The van der Waals surface area contributed by atoms with E-state index in [-0.39, 0.29) is 10.8 Å². The number of pyridine rings is 1. The second kappa shape index (κ2) is 7.16. The van der Waals surface area contributed by atoms with Gasteiger partial charge in [0.25, 0.3) is 10.0 Å². The minimum absolute atomic E-state index is 0.0142. The Bertz CT molecular complexity index is 1230. The summed E-state index contributed by atoms with van der Waals surface area (Å²) in [5.41, 5.74) is 2.60. The van der Waals surface area contributed by atoms with Gasteiger partial charge >= 0.3 is 0 Å². The van der Waals surface area contributed by atoms with Gasteiger partial charge in [-0.15, -0.1) is 0 Å². The number of rotatable bonds is 5. The van der Waals surface area contributed by atoms with E-state index in [1.54, 1.807) is 30.5 Å². The summed E-state index contributed by atoms with van der Waals surface area (Å²) in [7, 11) is -3.78. The van der Waals surface area contributed by atoms with Crippen LogP contribution in [-0.2, 0) is 10.0 Å². The smallest absolute Gasteiger partial charge is 0.264 e. The van der Waals surface area contributed by atoms with Crippen LogP contribution in [0.15, 0.2) is 66.0 Å². The number of sulfonamides is 1. The highest BCUT2D eigenvalue weighted by molar-refractivity contribution is 7.92. The van der Waals surface area contributed by atoms with Crippen LogP contribution in [0.4, 0.5) is 17.5 Å². The van der Waals surface area contributed by atoms with Gasteiger partial charge in [-0.05, 0) is 49.4 Å². The Balaban J connectivity index is 1.56. The first kappa shape index (κ1) is 17.7. The van der Waals surface area contributed by atoms with E-state index in [1.807, 2.05) is 13.0 Å². The van der Waals surface area contributed by atoms with Crippen molar-refractivity contribution in [2.24, 2.45) is 0 Å². The van der Waals surface area contributed by atoms with Crippen LogP contribution in [0.3, 0.4) is 0 Å². The predicted octanol–water partition coefficient (Wildman–Crippen LogP) is 2.67. The Kier molecular flexibility index (Phi) is 4.53. The van der Waals surface area contributed by atoms with Gasteiger partial charge in [0.1, 0.15) is 5.52 Å². The van der Waals surface area contributed by atoms with Gasteiger partial charge in [0, 0.05) is 24.3 Å². The lowest BCUT2D eigenvalue weighted by Crippen LogP contribution is -2.14. The molecule has 0 spiro atoms. The molecule has 0 saturated carbocycles. The van der Waals surface area contributed by atoms with Gasteiger partial charge in [-0.25, -0.2) is 38.1 Å². The van der Waals surface area contributed by atoms with Crippen LogP contribution >= 0.6 is 0 Å². The predicted molar refractivity (Wildman–Crippen MR) is 105 cm³/mol. The Morgan fingerprint density at radius 3 is 2.32 bits per heavy atom. The molecule has 3 aromatic heterocycles. The molecular formula is C18H15N7O2S. The van der Waals surface area contributed by atoms with E-state index < -0.39 is 10.0 Å². The molecule has 3 heterocycles. The topological polar surface area (TPSA) is 123 Å². The number of nitrogens with one attached hydrogen (secondary N) is 2. The molecule has 0 radical (unpaired) electrons. The molecule has 0 atom stereocenters. The molecule has 0 unspecified atom stereocenters. The van der Waals surface area contributed by atoms with E-state index in [0.717, 1.165) is 0 Å². The highest BCUT2D eigenvalue weighted by Crippen LogP contribution is 2.21. The quantitative estimate of drug-likeness (QED) is 0.530. The number of fused-ring (bicyclic) bond motifs is 1. The molecule has 2 N–H and O–H groups in total. The maximum Gasteiger partial charge on any atom is 0.264 e. The van der Waals surface area contributed by atoms with Crippen molar-refractivity contribution in [3.05, 3.63) is 66.7 Å². The second-order valence-corrected chi connectivity index (χ2v) is 7.51. The van der Waals surface area contributed by atoms with E-state index >= 15 is 0 Å². The molecular weight excluding hydrogens is 378 g/mol. The molecule has 0 fully saturated rings. The van der Waals surface area contributed by atoms with Gasteiger partial charge in [0.05, 0.1) is 10.6 Å². The van der Waals surface area contributed by atoms with Gasteiger partial charge < -0.3 is 5.32 Å². The average Bonchev–Trinajstić information content (AvgIpc) is 2.69. The average molecular weight is 393 g/mol. The SMILES string of the molecule is Cc1nc2ncccc2nc1Nc1ccc(S(=O)(=O)Nc2ncccn2)cc1. The highest BCUT2D eigenvalue weighted by atomic mass is 32.2. The van der Waals surface area contributed by atoms with Crippen molar-refractivity contribution in [2.45, 2.75) is 11.8 Å². The van der Waals surface area contributed by atoms with Crippen LogP contribution < -0.4 is 10.0 Å². The zero-order valence-corrected chi connectivity index (χ0v) is 15.6. The van der Waals surface area contributed by atoms with E-state index in [1.165, 1.54) is 24.5 Å². The van der Waals surface area contributed by atoms with E-state index in [9.17, 15) is 8.42 Å². The van der Waals surface area contributed by atoms with Crippen molar-refractivity contribution in [1.29, 1.82) is 0 Å². The lowest BCUT2D eigenvalue weighted by atomic mass is 10.3. The Morgan fingerprint density at radius 2 is 1.57 bits per heavy atom. The van der Waals surface area contributed by atoms with Gasteiger partial charge in [-0.2, -0.15) is 0 Å². The summed E-state index contributed by atoms with van der Waals surface area (Å²) in [6.07, 6.45) is 4.58. The summed E-state index contributed by atoms with van der Waals surface area (Å²) in [4.78, 5) is 20.9. The standard InChI is InChI=1S/C18H15N7O2S/c1-12-16(24-15-4-2-9-19-17(15)22-12)23-13-5-7-14(8-6-13)28(26,27)25-18-20-10-3-11-21-18/h2-11H,1H3,(H,23,24)(H,20,21,25). The Labute approximate surface area is 161 Å². The summed E-state index contributed by atoms with van der Waals surface area (Å²) in [6.45, 7) is 1.83. The van der Waals surface area contributed by atoms with Gasteiger partial charge in [-0.3, -0.25) is 0 Å². The summed E-state index contributed by atoms with van der Waals surface area (Å²) in [6, 6.07) is 11.5. The number of aromatic nitrogens is 5. The maximum absolute atomic E-state index is 12.4. The fourth-order valence-electron chi connectivity index (χ4n) is 2.48. The van der Waals surface area contributed by atoms with Crippen LogP contribution in [-0.4, -0.2) is 33.3 Å². The molecule has 0 amide bonds. The van der Waals surface area contributed by atoms with Crippen molar-refractivity contribution >= 4 is 38.6 Å². The monoisotopic (exact) mass is 393 g/mol. The van der Waals surface area contributed by atoms with Crippen molar-refractivity contribution in [3.8, 4) is 0 Å². The third kappa shape index (κ3) is 3.71. The lowest BCUT2D eigenvalue weighted by Gasteiger charge is -2.10. The number of aryl methyl sites for hydroxylation is 1. The maximum atomic E-state index is 12.4. The molecule has 0 aliphatic rings. The van der Waals surface area contributed by atoms with Gasteiger partial charge in [-0.1, -0.05) is 0 Å². The molecule has 28 heavy (non-hydrogen) atoms. The molecule has 140 valence electrons. The number of hydrogen-bond donors (Lipinski definition) is 2. The molecule has 10 heteroatoms. The molecule has 0 aliphatic carbocycles. The zero-order valence-electron chi connectivity index (χ0n) is 14.7. The van der Waals surface area contributed by atoms with Crippen LogP contribution in [0.1, 0.15) is 5.69 Å². The molecule has 4 rings (SSSR count). The van der Waals surface area contributed by atoms with Gasteiger partial charge in [0.15, 0.2) is 11.5 Å². The number of nitrogens with zero attached hydrogens (tertiary/aromatic N) is 5. The summed E-state index contributed by atoms with van der Waals surface area (Å²) in [5.74, 6) is 0.590. The van der Waals surface area contributed by atoms with E-state index in [4.69, 9.17) is 0 Å². The van der Waals surface area contributed by atoms with Crippen molar-refractivity contribution < 1.29 is 8.42 Å². The van der Waals surface area contributed by atoms with Crippen LogP contribution in [0.2, 0.25) is 0 Å². The van der Waals surface area contributed by atoms with E-state index in [0.29, 0.717) is 28.4 Å². The first-order valence-corrected chi connectivity index (χ1v) is 9.76. The Hall–Kier alpha value is -3.66. The summed E-state index contributed by atoms with van der Waals surface area (Å²) in [5, 5.41) is 3.15. The van der Waals surface area contributed by atoms with Gasteiger partial charge in [0.2, 0.25) is 5.95 Å². The lowest BCUT2D eigenvalue weighted by molar-refractivity contribution is 0.601. The summed E-state index contributed by atoms with van der Waals surface area (Å²) >= 11 is 0. The third-order valence-corrected chi connectivity index (χ3v) is 5.18. The Morgan fingerprint density at radius 1 is 0.857 bits per heavy atom. The van der Waals surface area contributed by atoms with Crippen LogP contribution in [0.5, 0.6) is 0 Å². The van der Waals surface area contributed by atoms with Crippen LogP contribution in [0, 0.1) is 6.92 Å². The molecule has 0 bridgehead atoms. The number of benzene rings is 1. The molecule has 4 aromatic rings. The fraction of sp³-hybridized carbons (Fsp3) is 0.0556. The third-order valence-electron chi connectivity index (χ3n) is 3.83. The zero-order chi connectivity index (χ0) is 19.6. The largest absolute Gasteiger partial charge is 0.339 e. The van der Waals surface area contributed by atoms with Crippen molar-refractivity contribution in [2.75, 3.05) is 10.0 Å². The van der Waals surface area contributed by atoms with Crippen molar-refractivity contribution in [3.63, 3.8) is 0 Å². The molecule has 1 aromatic carbocycles. The second-order valence-electron chi connectivity index (χ2n) is 5.83. The first-order valence-electron chi connectivity index (χ1n) is 8.27.